The Hall–Kier alpha value is -6.65. The van der Waals surface area contributed by atoms with Crippen molar-refractivity contribution in [1.29, 1.82) is 0 Å². The largest absolute Gasteiger partial charge is 0.461 e. The van der Waals surface area contributed by atoms with Crippen molar-refractivity contribution in [2.75, 3.05) is 160 Å². The third-order valence-electron chi connectivity index (χ3n) is 12.6. The van der Waals surface area contributed by atoms with E-state index >= 15 is 0 Å². The Kier molecular flexibility index (Phi) is 33.9. The smallest absolute Gasteiger partial charge is 0.308 e. The minimum absolute atomic E-state index is 0.0375. The molecule has 3 N–H and O–H groups in total. The lowest BCUT2D eigenvalue weighted by atomic mass is 10.0. The van der Waals surface area contributed by atoms with Crippen LogP contribution in [0.5, 0.6) is 0 Å². The lowest BCUT2D eigenvalue weighted by molar-refractivity contribution is -0.148. The van der Waals surface area contributed by atoms with Gasteiger partial charge in [-0.1, -0.05) is 40.7 Å². The van der Waals surface area contributed by atoms with Crippen LogP contribution in [-0.4, -0.2) is 255 Å². The number of carbonyl (C=O) groups is 11. The Morgan fingerprint density at radius 1 is 0.585 bits per heavy atom. The number of nitrogens with zero attached hydrogens (tertiary/aromatic N) is 6. The Labute approximate surface area is 481 Å². The van der Waals surface area contributed by atoms with Gasteiger partial charge in [0.05, 0.1) is 131 Å². The van der Waals surface area contributed by atoms with Crippen LogP contribution >= 0.6 is 0 Å². The van der Waals surface area contributed by atoms with Gasteiger partial charge in [0.1, 0.15) is 12.6 Å². The van der Waals surface area contributed by atoms with E-state index in [0.29, 0.717) is 16.8 Å². The van der Waals surface area contributed by atoms with Crippen LogP contribution in [-0.2, 0) is 99.0 Å². The molecular weight excluding hydrogens is 1070 g/mol. The molecular formula is C55H89N9O18. The van der Waals surface area contributed by atoms with Crippen molar-refractivity contribution < 1.29 is 85.9 Å². The molecule has 1 aromatic carbocycles. The van der Waals surface area contributed by atoms with Gasteiger partial charge in [-0.15, -0.1) is 0 Å². The van der Waals surface area contributed by atoms with Crippen LogP contribution in [0.25, 0.3) is 0 Å². The second kappa shape index (κ2) is 38.9. The summed E-state index contributed by atoms with van der Waals surface area (Å²) >= 11 is 0. The van der Waals surface area contributed by atoms with Crippen LogP contribution in [0.15, 0.2) is 18.2 Å². The monoisotopic (exact) mass is 1160 g/mol. The number of imide groups is 1. The molecule has 1 saturated heterocycles. The number of amides is 10. The molecule has 0 aliphatic carbocycles. The quantitative estimate of drug-likeness (QED) is 0.0429. The molecule has 0 saturated carbocycles. The Balaban J connectivity index is 1.68. The summed E-state index contributed by atoms with van der Waals surface area (Å²) in [6, 6.07) is 4.00. The molecule has 0 aromatic heterocycles. The number of hydrogen-bond acceptors (Lipinski definition) is 18. The van der Waals surface area contributed by atoms with Crippen LogP contribution in [0.4, 0.5) is 5.69 Å². The Morgan fingerprint density at radius 3 is 1.55 bits per heavy atom. The van der Waals surface area contributed by atoms with Gasteiger partial charge >= 0.3 is 5.97 Å². The van der Waals surface area contributed by atoms with E-state index in [4.69, 9.17) is 33.2 Å². The first-order valence-electron chi connectivity index (χ1n) is 27.4. The predicted molar refractivity (Wildman–Crippen MR) is 297 cm³/mol. The maximum Gasteiger partial charge on any atom is 0.308 e. The molecule has 2 unspecified atom stereocenters. The highest BCUT2D eigenvalue weighted by Gasteiger charge is 2.35. The van der Waals surface area contributed by atoms with Crippen molar-refractivity contribution in [2.24, 2.45) is 17.8 Å². The first-order valence-corrected chi connectivity index (χ1v) is 27.4. The van der Waals surface area contributed by atoms with Crippen molar-refractivity contribution in [3.63, 3.8) is 0 Å². The highest BCUT2D eigenvalue weighted by Crippen LogP contribution is 2.21. The zero-order chi connectivity index (χ0) is 61.3. The third kappa shape index (κ3) is 28.4. The minimum Gasteiger partial charge on any atom is -0.461 e. The summed E-state index contributed by atoms with van der Waals surface area (Å²) in [6.45, 7) is 10.2. The van der Waals surface area contributed by atoms with E-state index in [0.717, 1.165) is 0 Å². The third-order valence-corrected chi connectivity index (χ3v) is 12.6. The molecule has 27 nitrogen and oxygen atoms in total. The van der Waals surface area contributed by atoms with Crippen molar-refractivity contribution in [1.82, 2.24) is 40.0 Å². The lowest BCUT2D eigenvalue weighted by Crippen LogP contribution is -2.51. The highest BCUT2D eigenvalue weighted by atomic mass is 16.6. The van der Waals surface area contributed by atoms with Gasteiger partial charge in [-0.2, -0.15) is 0 Å². The Morgan fingerprint density at radius 2 is 1.06 bits per heavy atom. The molecule has 1 aromatic rings. The number of benzene rings is 1. The maximum absolute atomic E-state index is 13.2. The fourth-order valence-electron chi connectivity index (χ4n) is 7.36. The second-order valence-electron chi connectivity index (χ2n) is 20.5. The number of ether oxygens (including phenoxy) is 7. The summed E-state index contributed by atoms with van der Waals surface area (Å²) in [5.74, 6) is -5.04. The van der Waals surface area contributed by atoms with Gasteiger partial charge in [-0.3, -0.25) is 57.6 Å². The summed E-state index contributed by atoms with van der Waals surface area (Å²) in [5.41, 5.74) is 1.57. The Bertz CT molecular complexity index is 2270. The van der Waals surface area contributed by atoms with Gasteiger partial charge in [0, 0.05) is 73.3 Å². The molecule has 27 heteroatoms. The van der Waals surface area contributed by atoms with Crippen LogP contribution in [0.3, 0.4) is 0 Å². The fraction of sp³-hybridized carbons (Fsp3) is 0.691. The zero-order valence-corrected chi connectivity index (χ0v) is 49.8. The van der Waals surface area contributed by atoms with Crippen LogP contribution < -0.4 is 16.0 Å². The number of anilines is 1. The number of carbonyl (C=O) groups excluding carboxylic acids is 11. The number of nitrogens with one attached hydrogen (secondary N) is 3. The normalized spacial score (nSPS) is 13.4. The number of esters is 1. The van der Waals surface area contributed by atoms with E-state index < -0.39 is 48.1 Å². The molecule has 2 rings (SSSR count). The molecule has 10 amide bonds. The van der Waals surface area contributed by atoms with Gasteiger partial charge in [-0.05, 0) is 29.2 Å². The SMILES string of the molecule is CC(C)C(=O)OCc1ccc(NC(=O)CNC(=O)C(NC(=O)CCOCCOCCN2C(=O)CC(C)C2=O)C(C)C)cc1CN(C)C(=O)CCOCCOCCOCCOCCC(=O)N(C)CC(=O)N(C)CC(=O)N(C)CC(=O)N(C)C. The average Bonchev–Trinajstić information content (AvgIpc) is 3.68. The fourth-order valence-corrected chi connectivity index (χ4v) is 7.36. The minimum atomic E-state index is -0.941. The van der Waals surface area contributed by atoms with Gasteiger partial charge in [0.2, 0.25) is 59.1 Å². The van der Waals surface area contributed by atoms with E-state index in [9.17, 15) is 52.7 Å². The van der Waals surface area contributed by atoms with Crippen LogP contribution in [0.2, 0.25) is 0 Å². The summed E-state index contributed by atoms with van der Waals surface area (Å²) in [7, 11) is 9.18. The van der Waals surface area contributed by atoms with Crippen molar-refractivity contribution >= 4 is 70.7 Å². The molecule has 0 spiro atoms. The summed E-state index contributed by atoms with van der Waals surface area (Å²) in [4.78, 5) is 145. The number of likely N-dealkylation sites (N-methyl/N-ethyl adjacent to an activating group) is 4. The highest BCUT2D eigenvalue weighted by molar-refractivity contribution is 6.03. The first kappa shape index (κ1) is 71.5. The molecule has 1 aliphatic rings. The molecule has 1 fully saturated rings. The van der Waals surface area contributed by atoms with Gasteiger partial charge < -0.3 is 73.6 Å². The molecule has 0 bridgehead atoms. The van der Waals surface area contributed by atoms with E-state index in [1.54, 1.807) is 74.0 Å². The number of hydrogen-bond donors (Lipinski definition) is 3. The summed E-state index contributed by atoms with van der Waals surface area (Å²) < 4.78 is 38.5. The van der Waals surface area contributed by atoms with Crippen LogP contribution in [0, 0.1) is 17.8 Å². The summed E-state index contributed by atoms with van der Waals surface area (Å²) in [6.07, 6.45) is 0.262. The standard InChI is InChI=1S/C55H89N9O18/c1-38(2)52(58-44(65)14-18-76-22-25-79-21-17-64-48(69)30-40(5)54(64)74)53(73)56-32-45(66)57-43-13-12-41(37-82-55(75)39(3)4)42(31-43)33-60(8)46(67)15-19-77-23-26-80-28-29-81-27-24-78-20-16-47(68)61(9)35-50(71)63(11)36-51(72)62(10)34-49(70)59(6)7/h12-13,31,38-40,52H,14-30,32-37H2,1-11H3,(H,56,73)(H,57,66)(H,58,65). The van der Waals surface area contributed by atoms with Crippen molar-refractivity contribution in [3.8, 4) is 0 Å². The van der Waals surface area contributed by atoms with Crippen molar-refractivity contribution in [2.45, 2.75) is 79.5 Å². The summed E-state index contributed by atoms with van der Waals surface area (Å²) in [5, 5.41) is 8.01. The van der Waals surface area contributed by atoms with Gasteiger partial charge in [0.15, 0.2) is 0 Å². The molecule has 1 aliphatic heterocycles. The number of likely N-dealkylation sites (tertiary alicyclic amines) is 1. The molecule has 1 heterocycles. The first-order chi connectivity index (χ1) is 38.8. The molecule has 0 radical (unpaired) electrons. The average molecular weight is 1160 g/mol. The zero-order valence-electron chi connectivity index (χ0n) is 49.8. The van der Waals surface area contributed by atoms with Crippen LogP contribution in [0.1, 0.15) is 71.4 Å². The molecule has 82 heavy (non-hydrogen) atoms. The topological polar surface area (TPSA) is 308 Å². The van der Waals surface area contributed by atoms with E-state index in [1.165, 1.54) is 50.5 Å². The van der Waals surface area contributed by atoms with E-state index in [-0.39, 0.29) is 192 Å². The van der Waals surface area contributed by atoms with Gasteiger partial charge in [-0.25, -0.2) is 0 Å². The second-order valence-corrected chi connectivity index (χ2v) is 20.5. The van der Waals surface area contributed by atoms with Crippen molar-refractivity contribution in [3.05, 3.63) is 29.3 Å². The van der Waals surface area contributed by atoms with Gasteiger partial charge in [0.25, 0.3) is 0 Å². The lowest BCUT2D eigenvalue weighted by Gasteiger charge is -2.24. The number of rotatable bonds is 41. The van der Waals surface area contributed by atoms with E-state index in [2.05, 4.69) is 16.0 Å². The van der Waals surface area contributed by atoms with E-state index in [1.807, 2.05) is 0 Å². The molecule has 2 atom stereocenters. The predicted octanol–water partition coefficient (Wildman–Crippen LogP) is -0.332. The maximum atomic E-state index is 13.2. The molecule has 462 valence electrons.